The number of benzene rings is 1. The van der Waals surface area contributed by atoms with Crippen LogP contribution in [0.4, 0.5) is 0 Å². The molecule has 4 heteroatoms. The number of oxime groups is 1. The van der Waals surface area contributed by atoms with Crippen molar-refractivity contribution in [1.82, 2.24) is 4.57 Å². The molecule has 3 rings (SSSR count). The van der Waals surface area contributed by atoms with Crippen molar-refractivity contribution in [2.75, 3.05) is 0 Å². The van der Waals surface area contributed by atoms with Crippen LogP contribution in [0.2, 0.25) is 0 Å². The molecule has 0 amide bonds. The van der Waals surface area contributed by atoms with Gasteiger partial charge in [-0.3, -0.25) is 0 Å². The molecule has 1 aromatic heterocycles. The van der Waals surface area contributed by atoms with E-state index in [0.29, 0.717) is 0 Å². The van der Waals surface area contributed by atoms with Gasteiger partial charge in [0.2, 0.25) is 0 Å². The Balaban J connectivity index is 2.41. The predicted octanol–water partition coefficient (Wildman–Crippen LogP) is 3.94. The molecule has 1 aliphatic carbocycles. The van der Waals surface area contributed by atoms with Crippen LogP contribution in [0.25, 0.3) is 10.9 Å². The van der Waals surface area contributed by atoms with Crippen LogP contribution in [-0.4, -0.2) is 15.5 Å². The maximum Gasteiger partial charge on any atom is 0.103 e. The minimum absolute atomic E-state index is 0.824. The average Bonchev–Trinajstić information content (AvgIpc) is 2.72. The highest BCUT2D eigenvalue weighted by Crippen LogP contribution is 2.34. The van der Waals surface area contributed by atoms with E-state index in [1.54, 1.807) is 0 Å². The fraction of sp³-hybridized carbons (Fsp3) is 0.357. The normalized spacial score (nSPS) is 17.3. The summed E-state index contributed by atoms with van der Waals surface area (Å²) >= 11 is 3.53. The van der Waals surface area contributed by atoms with Crippen molar-refractivity contribution in [3.05, 3.63) is 33.9 Å². The highest BCUT2D eigenvalue weighted by Gasteiger charge is 2.24. The van der Waals surface area contributed by atoms with Gasteiger partial charge in [-0.2, -0.15) is 0 Å². The Kier molecular flexibility index (Phi) is 2.90. The van der Waals surface area contributed by atoms with E-state index in [0.717, 1.165) is 41.7 Å². The van der Waals surface area contributed by atoms with Gasteiger partial charge in [0, 0.05) is 21.9 Å². The molecule has 0 saturated heterocycles. The minimum Gasteiger partial charge on any atom is -0.411 e. The number of hydrogen-bond acceptors (Lipinski definition) is 2. The topological polar surface area (TPSA) is 37.5 Å². The molecule has 1 aromatic carbocycles. The standard InChI is InChI=1S/C14H15BrN2O/c1-2-17-13-7-6-9(15)8-11(13)10-4-3-5-12(16-18)14(10)17/h6-8,18H,2-5H2,1H3/b16-12+. The van der Waals surface area contributed by atoms with Crippen LogP contribution >= 0.6 is 15.9 Å². The first-order chi connectivity index (χ1) is 8.76. The van der Waals surface area contributed by atoms with Crippen molar-refractivity contribution in [3.8, 4) is 0 Å². The molecule has 0 radical (unpaired) electrons. The Morgan fingerprint density at radius 2 is 2.22 bits per heavy atom. The molecule has 0 bridgehead atoms. The van der Waals surface area contributed by atoms with Gasteiger partial charge in [-0.15, -0.1) is 0 Å². The molecular weight excluding hydrogens is 292 g/mol. The monoisotopic (exact) mass is 306 g/mol. The molecule has 0 spiro atoms. The molecule has 94 valence electrons. The SMILES string of the molecule is CCn1c2c(c3cc(Br)ccc31)CCC/C2=N\O. The second-order valence-electron chi connectivity index (χ2n) is 4.63. The number of aromatic nitrogens is 1. The van der Waals surface area contributed by atoms with Crippen molar-refractivity contribution in [2.45, 2.75) is 32.7 Å². The van der Waals surface area contributed by atoms with Crippen LogP contribution in [0.1, 0.15) is 31.0 Å². The zero-order chi connectivity index (χ0) is 12.7. The lowest BCUT2D eigenvalue weighted by Gasteiger charge is -2.16. The Morgan fingerprint density at radius 1 is 1.39 bits per heavy atom. The van der Waals surface area contributed by atoms with Gasteiger partial charge in [0.05, 0.1) is 5.69 Å². The Hall–Kier alpha value is -1.29. The summed E-state index contributed by atoms with van der Waals surface area (Å²) in [4.78, 5) is 0. The zero-order valence-electron chi connectivity index (χ0n) is 10.3. The van der Waals surface area contributed by atoms with Crippen molar-refractivity contribution < 1.29 is 5.21 Å². The van der Waals surface area contributed by atoms with E-state index in [2.05, 4.69) is 50.8 Å². The van der Waals surface area contributed by atoms with Crippen LogP contribution in [0.3, 0.4) is 0 Å². The quantitative estimate of drug-likeness (QED) is 0.629. The molecular formula is C14H15BrN2O. The van der Waals surface area contributed by atoms with Crippen molar-refractivity contribution in [1.29, 1.82) is 0 Å². The van der Waals surface area contributed by atoms with E-state index in [1.807, 2.05) is 0 Å². The van der Waals surface area contributed by atoms with Gasteiger partial charge in [0.15, 0.2) is 0 Å². The van der Waals surface area contributed by atoms with E-state index in [4.69, 9.17) is 0 Å². The highest BCUT2D eigenvalue weighted by molar-refractivity contribution is 9.10. The van der Waals surface area contributed by atoms with E-state index in [9.17, 15) is 5.21 Å². The lowest BCUT2D eigenvalue weighted by Crippen LogP contribution is -2.15. The third kappa shape index (κ3) is 1.59. The van der Waals surface area contributed by atoms with Crippen molar-refractivity contribution in [2.24, 2.45) is 5.16 Å². The van der Waals surface area contributed by atoms with Crippen LogP contribution in [0, 0.1) is 0 Å². The summed E-state index contributed by atoms with van der Waals surface area (Å²) in [6, 6.07) is 6.37. The summed E-state index contributed by atoms with van der Waals surface area (Å²) in [5, 5.41) is 14.0. The molecule has 18 heavy (non-hydrogen) atoms. The summed E-state index contributed by atoms with van der Waals surface area (Å²) in [5.41, 5.74) is 4.51. The van der Waals surface area contributed by atoms with Crippen LogP contribution in [0.15, 0.2) is 27.8 Å². The van der Waals surface area contributed by atoms with Crippen LogP contribution in [-0.2, 0) is 13.0 Å². The number of nitrogens with zero attached hydrogens (tertiary/aromatic N) is 2. The van der Waals surface area contributed by atoms with Crippen molar-refractivity contribution in [3.63, 3.8) is 0 Å². The third-order valence-corrected chi connectivity index (χ3v) is 4.17. The first-order valence-corrected chi connectivity index (χ1v) is 7.07. The zero-order valence-corrected chi connectivity index (χ0v) is 11.9. The van der Waals surface area contributed by atoms with Crippen molar-refractivity contribution >= 4 is 32.5 Å². The number of halogens is 1. The maximum atomic E-state index is 9.20. The number of hydrogen-bond donors (Lipinski definition) is 1. The van der Waals surface area contributed by atoms with E-state index in [-0.39, 0.29) is 0 Å². The van der Waals surface area contributed by atoms with Gasteiger partial charge < -0.3 is 9.77 Å². The fourth-order valence-electron chi connectivity index (χ4n) is 2.96. The molecule has 0 atom stereocenters. The molecule has 0 aliphatic heterocycles. The molecule has 1 N–H and O–H groups in total. The summed E-state index contributed by atoms with van der Waals surface area (Å²) < 4.78 is 3.35. The maximum absolute atomic E-state index is 9.20. The first-order valence-electron chi connectivity index (χ1n) is 6.28. The van der Waals surface area contributed by atoms with E-state index < -0.39 is 0 Å². The van der Waals surface area contributed by atoms with E-state index >= 15 is 0 Å². The largest absolute Gasteiger partial charge is 0.411 e. The third-order valence-electron chi connectivity index (χ3n) is 3.68. The van der Waals surface area contributed by atoms with Crippen LogP contribution < -0.4 is 0 Å². The highest BCUT2D eigenvalue weighted by atomic mass is 79.9. The van der Waals surface area contributed by atoms with Gasteiger partial charge in [-0.25, -0.2) is 0 Å². The second-order valence-corrected chi connectivity index (χ2v) is 5.55. The predicted molar refractivity (Wildman–Crippen MR) is 76.6 cm³/mol. The Morgan fingerprint density at radius 3 is 2.94 bits per heavy atom. The minimum atomic E-state index is 0.824. The Labute approximate surface area is 114 Å². The number of fused-ring (bicyclic) bond motifs is 3. The van der Waals surface area contributed by atoms with Gasteiger partial charge in [0.1, 0.15) is 5.71 Å². The fourth-order valence-corrected chi connectivity index (χ4v) is 3.32. The van der Waals surface area contributed by atoms with Gasteiger partial charge in [-0.1, -0.05) is 21.1 Å². The van der Waals surface area contributed by atoms with Gasteiger partial charge in [-0.05, 0) is 49.9 Å². The molecule has 0 fully saturated rings. The lowest BCUT2D eigenvalue weighted by molar-refractivity contribution is 0.317. The van der Waals surface area contributed by atoms with Crippen LogP contribution in [0.5, 0.6) is 0 Å². The molecule has 3 nitrogen and oxygen atoms in total. The molecule has 0 unspecified atom stereocenters. The lowest BCUT2D eigenvalue weighted by atomic mass is 9.94. The Bertz CT molecular complexity index is 643. The first kappa shape index (κ1) is 11.8. The molecule has 0 saturated carbocycles. The second kappa shape index (κ2) is 4.43. The number of rotatable bonds is 1. The number of aryl methyl sites for hydroxylation is 2. The molecule has 2 aromatic rings. The van der Waals surface area contributed by atoms with E-state index in [1.165, 1.54) is 16.5 Å². The summed E-state index contributed by atoms with van der Waals surface area (Å²) in [5.74, 6) is 0. The average molecular weight is 307 g/mol. The molecule has 1 aliphatic rings. The summed E-state index contributed by atoms with van der Waals surface area (Å²) in [7, 11) is 0. The summed E-state index contributed by atoms with van der Waals surface area (Å²) in [6.45, 7) is 3.03. The van der Waals surface area contributed by atoms with Gasteiger partial charge in [0.25, 0.3) is 0 Å². The summed E-state index contributed by atoms with van der Waals surface area (Å²) in [6.07, 6.45) is 2.98. The molecule has 1 heterocycles. The smallest absolute Gasteiger partial charge is 0.103 e. The van der Waals surface area contributed by atoms with Gasteiger partial charge >= 0.3 is 0 Å².